The minimum atomic E-state index is -0.939. The average molecular weight is 821 g/mol. The van der Waals surface area contributed by atoms with Crippen molar-refractivity contribution in [1.29, 1.82) is 0 Å². The molecule has 2 aromatic carbocycles. The topological polar surface area (TPSA) is 175 Å². The molecule has 0 spiro atoms. The minimum absolute atomic E-state index is 0.113. The Morgan fingerprint density at radius 3 is 1.43 bits per heavy atom. The summed E-state index contributed by atoms with van der Waals surface area (Å²) in [7, 11) is 3.27. The molecule has 0 bridgehead atoms. The summed E-state index contributed by atoms with van der Waals surface area (Å²) >= 11 is 0. The second-order valence-electron chi connectivity index (χ2n) is 15.8. The van der Waals surface area contributed by atoms with Crippen molar-refractivity contribution < 1.29 is 28.7 Å². The van der Waals surface area contributed by atoms with Crippen LogP contribution in [0.5, 0.6) is 0 Å². The molecule has 5 atom stereocenters. The molecule has 2 heterocycles. The zero-order valence-corrected chi connectivity index (χ0v) is 35.7. The van der Waals surface area contributed by atoms with Crippen LogP contribution >= 0.6 is 0 Å². The number of nitrogens with one attached hydrogen (secondary N) is 4. The summed E-state index contributed by atoms with van der Waals surface area (Å²) in [5.41, 5.74) is 3.19. The molecule has 0 saturated carbocycles. The Hall–Kier alpha value is -6.31. The fourth-order valence-electron chi connectivity index (χ4n) is 6.76. The largest absolute Gasteiger partial charge is 0.460 e. The van der Waals surface area contributed by atoms with Crippen LogP contribution in [0.3, 0.4) is 0 Å². The molecule has 14 heteroatoms. The number of hydrogen-bond donors (Lipinski definition) is 4. The Labute approximate surface area is 353 Å². The molecular weight excluding hydrogens is 761 g/mol. The summed E-state index contributed by atoms with van der Waals surface area (Å²) < 4.78 is 6.03. The molecule has 60 heavy (non-hydrogen) atoms. The highest BCUT2D eigenvalue weighted by Crippen LogP contribution is 2.19. The molecule has 0 unspecified atom stereocenters. The number of nitrogens with zero attached hydrogens (tertiary/aromatic N) is 4. The molecule has 4 rings (SSSR count). The van der Waals surface area contributed by atoms with Crippen molar-refractivity contribution in [2.75, 3.05) is 14.1 Å². The predicted octanol–water partition coefficient (Wildman–Crippen LogP) is 5.29. The van der Waals surface area contributed by atoms with E-state index in [4.69, 9.17) is 4.74 Å². The number of pyridine rings is 2. The van der Waals surface area contributed by atoms with Crippen LogP contribution in [0.4, 0.5) is 9.59 Å². The van der Waals surface area contributed by atoms with Gasteiger partial charge in [0.25, 0.3) is 0 Å². The molecule has 14 nitrogen and oxygen atoms in total. The fourth-order valence-corrected chi connectivity index (χ4v) is 6.76. The van der Waals surface area contributed by atoms with E-state index in [1.807, 2.05) is 113 Å². The summed E-state index contributed by atoms with van der Waals surface area (Å²) in [6, 6.07) is 25.9. The molecule has 4 N–H and O–H groups in total. The van der Waals surface area contributed by atoms with Gasteiger partial charge in [-0.15, -0.1) is 0 Å². The van der Waals surface area contributed by atoms with Gasteiger partial charge in [0.05, 0.1) is 30.5 Å². The Morgan fingerprint density at radius 1 is 0.583 bits per heavy atom. The Balaban J connectivity index is 1.60. The van der Waals surface area contributed by atoms with Crippen LogP contribution in [0.2, 0.25) is 0 Å². The van der Waals surface area contributed by atoms with Crippen molar-refractivity contribution in [3.8, 4) is 0 Å². The van der Waals surface area contributed by atoms with Crippen LogP contribution in [-0.4, -0.2) is 94.0 Å². The van der Waals surface area contributed by atoms with Crippen LogP contribution in [0, 0.1) is 11.8 Å². The maximum atomic E-state index is 14.3. The van der Waals surface area contributed by atoms with Crippen molar-refractivity contribution in [2.24, 2.45) is 11.8 Å². The first kappa shape index (κ1) is 46.4. The summed E-state index contributed by atoms with van der Waals surface area (Å²) in [6.45, 7) is 9.17. The number of hydrogen-bond acceptors (Lipinski definition) is 8. The molecular formula is C46H60N8O6. The lowest BCUT2D eigenvalue weighted by Crippen LogP contribution is -2.58. The van der Waals surface area contributed by atoms with Gasteiger partial charge in [0, 0.05) is 45.9 Å². The number of ether oxygens (including phenoxy) is 1. The molecule has 0 aliphatic rings. The van der Waals surface area contributed by atoms with E-state index >= 15 is 0 Å². The number of carbonyl (C=O) groups excluding carboxylic acids is 5. The van der Waals surface area contributed by atoms with Crippen LogP contribution in [-0.2, 0) is 45.1 Å². The molecule has 2 aromatic heterocycles. The number of esters is 1. The third kappa shape index (κ3) is 15.1. The first-order chi connectivity index (χ1) is 28.7. The second-order valence-corrected chi connectivity index (χ2v) is 15.8. The standard InChI is InChI=1S/C46H60N8O6/c1-31(2)41(51-45(58)53(6)29-36-22-14-16-24-47-36)43(56)49-38(26-34-18-10-8-11-19-34)28-40(60-33(5)55)39(27-35-20-12-9-13-21-35)50-44(57)42(32(3)4)52-46(59)54(7)30-37-23-15-17-25-48-37/h8-25,31-32,38-42H,26-30H2,1-7H3,(H,49,56)(H,50,57)(H,51,58)(H,52,59)/t38-,39-,40-,41-,42-/m0/s1. The van der Waals surface area contributed by atoms with Gasteiger partial charge in [0.2, 0.25) is 11.8 Å². The number of aromatic nitrogens is 2. The molecule has 320 valence electrons. The SMILES string of the molecule is CC(=O)O[C@@H](C[C@H](Cc1ccccc1)NC(=O)[C@@H](NC(=O)N(C)Cc1ccccn1)C(C)C)[C@H](Cc1ccccc1)NC(=O)[C@@H](NC(=O)N(C)Cc1ccccn1)C(C)C. The van der Waals surface area contributed by atoms with E-state index in [1.165, 1.54) is 16.7 Å². The monoisotopic (exact) mass is 820 g/mol. The van der Waals surface area contributed by atoms with E-state index in [-0.39, 0.29) is 37.8 Å². The van der Waals surface area contributed by atoms with Crippen molar-refractivity contribution >= 4 is 29.8 Å². The van der Waals surface area contributed by atoms with E-state index in [9.17, 15) is 24.0 Å². The third-order valence-electron chi connectivity index (χ3n) is 9.98. The average Bonchev–Trinajstić information content (AvgIpc) is 3.22. The number of carbonyl (C=O) groups is 5. The van der Waals surface area contributed by atoms with E-state index in [0.717, 1.165) is 11.1 Å². The second kappa shape index (κ2) is 23.3. The highest BCUT2D eigenvalue weighted by Gasteiger charge is 2.35. The molecule has 0 fully saturated rings. The van der Waals surface area contributed by atoms with Crippen LogP contribution in [0.1, 0.15) is 63.6 Å². The lowest BCUT2D eigenvalue weighted by atomic mass is 9.92. The van der Waals surface area contributed by atoms with E-state index in [2.05, 4.69) is 31.2 Å². The minimum Gasteiger partial charge on any atom is -0.460 e. The van der Waals surface area contributed by atoms with Gasteiger partial charge in [-0.25, -0.2) is 9.59 Å². The quantitative estimate of drug-likeness (QED) is 0.0871. The molecule has 0 aliphatic heterocycles. The number of rotatable bonds is 20. The van der Waals surface area contributed by atoms with Crippen molar-refractivity contribution in [3.63, 3.8) is 0 Å². The smallest absolute Gasteiger partial charge is 0.318 e. The highest BCUT2D eigenvalue weighted by molar-refractivity contribution is 5.88. The van der Waals surface area contributed by atoms with Crippen molar-refractivity contribution in [2.45, 2.75) is 97.2 Å². The Kier molecular flexibility index (Phi) is 18.0. The van der Waals surface area contributed by atoms with Gasteiger partial charge >= 0.3 is 18.0 Å². The zero-order valence-electron chi connectivity index (χ0n) is 35.7. The molecule has 4 aromatic rings. The van der Waals surface area contributed by atoms with Crippen molar-refractivity contribution in [3.05, 3.63) is 132 Å². The Morgan fingerprint density at radius 2 is 1.02 bits per heavy atom. The number of benzene rings is 2. The van der Waals surface area contributed by atoms with Gasteiger partial charge < -0.3 is 35.8 Å². The summed E-state index contributed by atoms with van der Waals surface area (Å²) in [6.07, 6.45) is 3.14. The zero-order chi connectivity index (χ0) is 43.6. The number of amides is 6. The van der Waals surface area contributed by atoms with Crippen LogP contribution in [0.25, 0.3) is 0 Å². The maximum Gasteiger partial charge on any atom is 0.318 e. The lowest BCUT2D eigenvalue weighted by Gasteiger charge is -2.34. The van der Waals surface area contributed by atoms with E-state index in [1.54, 1.807) is 38.6 Å². The molecule has 0 radical (unpaired) electrons. The molecule has 0 saturated heterocycles. The van der Waals surface area contributed by atoms with Gasteiger partial charge in [-0.1, -0.05) is 100 Å². The fraction of sp³-hybridized carbons (Fsp3) is 0.413. The molecule has 6 amide bonds. The number of urea groups is 2. The van der Waals surface area contributed by atoms with Gasteiger partial charge in [0.15, 0.2) is 0 Å². The normalized spacial score (nSPS) is 13.6. The van der Waals surface area contributed by atoms with Crippen LogP contribution < -0.4 is 21.3 Å². The third-order valence-corrected chi connectivity index (χ3v) is 9.98. The van der Waals surface area contributed by atoms with Gasteiger partial charge in [-0.3, -0.25) is 24.4 Å². The highest BCUT2D eigenvalue weighted by atomic mass is 16.5. The Bertz CT molecular complexity index is 1950. The van der Waals surface area contributed by atoms with Crippen molar-refractivity contribution in [1.82, 2.24) is 41.0 Å². The summed E-state index contributed by atoms with van der Waals surface area (Å²) in [5, 5.41) is 12.1. The van der Waals surface area contributed by atoms with Crippen LogP contribution in [0.15, 0.2) is 109 Å². The predicted molar refractivity (Wildman–Crippen MR) is 230 cm³/mol. The van der Waals surface area contributed by atoms with E-state index < -0.39 is 60.1 Å². The van der Waals surface area contributed by atoms with Gasteiger partial charge in [-0.2, -0.15) is 0 Å². The molecule has 0 aliphatic carbocycles. The summed E-state index contributed by atoms with van der Waals surface area (Å²) in [4.78, 5) is 79.6. The maximum absolute atomic E-state index is 14.3. The van der Waals surface area contributed by atoms with E-state index in [0.29, 0.717) is 17.8 Å². The van der Waals surface area contributed by atoms with Gasteiger partial charge in [-0.05, 0) is 60.1 Å². The first-order valence-corrected chi connectivity index (χ1v) is 20.4. The lowest BCUT2D eigenvalue weighted by molar-refractivity contribution is -0.149. The van der Waals surface area contributed by atoms with Gasteiger partial charge in [0.1, 0.15) is 18.2 Å². The summed E-state index contributed by atoms with van der Waals surface area (Å²) in [5.74, 6) is -2.02. The first-order valence-electron chi connectivity index (χ1n) is 20.4.